The molecule has 8 heteroatoms. The fraction of sp³-hybridized carbons (Fsp3) is 0.455. The van der Waals surface area contributed by atoms with E-state index in [0.29, 0.717) is 35.2 Å². The third-order valence-electron chi connectivity index (χ3n) is 5.42. The Bertz CT molecular complexity index is 943. The van der Waals surface area contributed by atoms with Crippen molar-refractivity contribution in [3.63, 3.8) is 0 Å². The van der Waals surface area contributed by atoms with Gasteiger partial charge in [-0.15, -0.1) is 0 Å². The van der Waals surface area contributed by atoms with Gasteiger partial charge < -0.3 is 14.8 Å². The van der Waals surface area contributed by atoms with Crippen LogP contribution >= 0.6 is 0 Å². The minimum absolute atomic E-state index is 0.0354. The lowest BCUT2D eigenvalue weighted by Gasteiger charge is -2.39. The molecule has 0 amide bonds. The van der Waals surface area contributed by atoms with E-state index in [4.69, 9.17) is 9.47 Å². The van der Waals surface area contributed by atoms with E-state index in [0.717, 1.165) is 5.70 Å². The molecule has 1 aromatic rings. The molecule has 3 rings (SSSR count). The van der Waals surface area contributed by atoms with E-state index >= 15 is 0 Å². The number of nitro benzene ring substituents is 1. The number of hydrogen-bond donors (Lipinski definition) is 1. The Morgan fingerprint density at radius 2 is 1.90 bits per heavy atom. The Labute approximate surface area is 175 Å². The first-order valence-corrected chi connectivity index (χ1v) is 9.79. The van der Waals surface area contributed by atoms with E-state index in [1.54, 1.807) is 19.1 Å². The first-order chi connectivity index (χ1) is 14.1. The molecule has 0 bridgehead atoms. The molecule has 1 N–H and O–H groups in total. The highest BCUT2D eigenvalue weighted by molar-refractivity contribution is 6.04. The van der Waals surface area contributed by atoms with Gasteiger partial charge in [-0.05, 0) is 24.3 Å². The number of methoxy groups -OCH3 is 1. The van der Waals surface area contributed by atoms with E-state index in [2.05, 4.69) is 5.32 Å². The van der Waals surface area contributed by atoms with E-state index in [9.17, 15) is 19.7 Å². The van der Waals surface area contributed by atoms with Crippen LogP contribution in [0.15, 0.2) is 46.8 Å². The zero-order valence-electron chi connectivity index (χ0n) is 17.6. The summed E-state index contributed by atoms with van der Waals surface area (Å²) in [7, 11) is 1.51. The van der Waals surface area contributed by atoms with Crippen LogP contribution < -0.4 is 5.32 Å². The number of benzene rings is 1. The van der Waals surface area contributed by atoms with Gasteiger partial charge in [-0.1, -0.05) is 26.0 Å². The molecule has 0 saturated heterocycles. The van der Waals surface area contributed by atoms with E-state index in [1.165, 1.54) is 19.2 Å². The Morgan fingerprint density at radius 1 is 1.23 bits per heavy atom. The normalized spacial score (nSPS) is 20.5. The van der Waals surface area contributed by atoms with Crippen molar-refractivity contribution in [2.75, 3.05) is 20.3 Å². The predicted molar refractivity (Wildman–Crippen MR) is 110 cm³/mol. The molecule has 2 aliphatic rings. The van der Waals surface area contributed by atoms with Gasteiger partial charge in [0.15, 0.2) is 5.78 Å². The molecule has 0 saturated carbocycles. The average molecular weight is 414 g/mol. The molecule has 1 heterocycles. The van der Waals surface area contributed by atoms with Crippen molar-refractivity contribution in [2.45, 2.75) is 39.5 Å². The smallest absolute Gasteiger partial charge is 0.336 e. The fourth-order valence-electron chi connectivity index (χ4n) is 4.12. The summed E-state index contributed by atoms with van der Waals surface area (Å²) >= 11 is 0. The molecule has 8 nitrogen and oxygen atoms in total. The monoisotopic (exact) mass is 414 g/mol. The van der Waals surface area contributed by atoms with Crippen molar-refractivity contribution in [3.05, 3.63) is 62.5 Å². The zero-order valence-corrected chi connectivity index (χ0v) is 17.6. The molecule has 1 atom stereocenters. The molecule has 1 aliphatic heterocycles. The van der Waals surface area contributed by atoms with Gasteiger partial charge in [-0.25, -0.2) is 4.79 Å². The third kappa shape index (κ3) is 4.28. The number of nitro groups is 1. The van der Waals surface area contributed by atoms with Gasteiger partial charge in [0, 0.05) is 48.5 Å². The average Bonchev–Trinajstić information content (AvgIpc) is 2.66. The highest BCUT2D eigenvalue weighted by Crippen LogP contribution is 2.46. The van der Waals surface area contributed by atoms with Crippen molar-refractivity contribution in [1.29, 1.82) is 0 Å². The van der Waals surface area contributed by atoms with Gasteiger partial charge in [0.25, 0.3) is 5.69 Å². The van der Waals surface area contributed by atoms with Crippen molar-refractivity contribution >= 4 is 17.4 Å². The first kappa shape index (κ1) is 21.7. The molecular weight excluding hydrogens is 388 g/mol. The van der Waals surface area contributed by atoms with Crippen LogP contribution in [-0.4, -0.2) is 37.0 Å². The molecule has 1 aromatic carbocycles. The summed E-state index contributed by atoms with van der Waals surface area (Å²) in [5.74, 6) is -1.21. The van der Waals surface area contributed by atoms with Crippen LogP contribution in [0.5, 0.6) is 0 Å². The van der Waals surface area contributed by atoms with Gasteiger partial charge in [0.1, 0.15) is 6.61 Å². The van der Waals surface area contributed by atoms with Crippen LogP contribution in [-0.2, 0) is 19.1 Å². The minimum Gasteiger partial charge on any atom is -0.460 e. The molecule has 0 aromatic heterocycles. The van der Waals surface area contributed by atoms with Crippen molar-refractivity contribution in [1.82, 2.24) is 5.32 Å². The number of non-ortho nitro benzene ring substituents is 1. The molecule has 30 heavy (non-hydrogen) atoms. The second kappa shape index (κ2) is 8.39. The van der Waals surface area contributed by atoms with E-state index in [-0.39, 0.29) is 30.1 Å². The topological polar surface area (TPSA) is 108 Å². The van der Waals surface area contributed by atoms with Gasteiger partial charge in [0.05, 0.1) is 17.1 Å². The summed E-state index contributed by atoms with van der Waals surface area (Å²) in [5, 5.41) is 14.3. The van der Waals surface area contributed by atoms with Crippen LogP contribution in [0, 0.1) is 15.5 Å². The molecule has 0 spiro atoms. The summed E-state index contributed by atoms with van der Waals surface area (Å²) in [6, 6.07) is 5.97. The van der Waals surface area contributed by atoms with Crippen LogP contribution in [0.25, 0.3) is 0 Å². The Kier molecular flexibility index (Phi) is 6.07. The third-order valence-corrected chi connectivity index (χ3v) is 5.42. The SMILES string of the molecule is COCCOC(=O)C1=C(C)NC2=C(C(=O)CC(C)(C)C2)[C@@H]1c1ccc([N+](=O)[O-])cc1. The number of hydrogen-bond acceptors (Lipinski definition) is 7. The number of carbonyl (C=O) groups is 2. The Morgan fingerprint density at radius 3 is 2.50 bits per heavy atom. The maximum Gasteiger partial charge on any atom is 0.336 e. The Balaban J connectivity index is 2.08. The number of carbonyl (C=O) groups excluding carboxylic acids is 2. The number of ketones is 1. The lowest BCUT2D eigenvalue weighted by Crippen LogP contribution is -2.38. The van der Waals surface area contributed by atoms with Crippen molar-refractivity contribution in [2.24, 2.45) is 5.41 Å². The quantitative estimate of drug-likeness (QED) is 0.329. The van der Waals surface area contributed by atoms with Crippen LogP contribution in [0.2, 0.25) is 0 Å². The molecule has 160 valence electrons. The number of nitrogens with one attached hydrogen (secondary N) is 1. The molecule has 1 aliphatic carbocycles. The predicted octanol–water partition coefficient (Wildman–Crippen LogP) is 3.39. The number of ether oxygens (including phenoxy) is 2. The van der Waals surface area contributed by atoms with Crippen molar-refractivity contribution in [3.8, 4) is 0 Å². The maximum atomic E-state index is 13.1. The highest BCUT2D eigenvalue weighted by atomic mass is 16.6. The van der Waals surface area contributed by atoms with Crippen molar-refractivity contribution < 1.29 is 24.0 Å². The Hall–Kier alpha value is -3.00. The van der Waals surface area contributed by atoms with Gasteiger partial charge in [-0.3, -0.25) is 14.9 Å². The zero-order chi connectivity index (χ0) is 22.1. The minimum atomic E-state index is -0.638. The van der Waals surface area contributed by atoms with Crippen LogP contribution in [0.4, 0.5) is 5.69 Å². The van der Waals surface area contributed by atoms with E-state index in [1.807, 2.05) is 13.8 Å². The molecule has 0 fully saturated rings. The number of Topliss-reactive ketones (excluding diaryl/α,β-unsaturated/α-hetero) is 1. The maximum absolute atomic E-state index is 13.1. The number of dihydropyridines is 1. The summed E-state index contributed by atoms with van der Waals surface area (Å²) in [4.78, 5) is 36.6. The first-order valence-electron chi connectivity index (χ1n) is 9.79. The summed E-state index contributed by atoms with van der Waals surface area (Å²) in [6.45, 7) is 6.19. The molecule has 0 unspecified atom stereocenters. The summed E-state index contributed by atoms with van der Waals surface area (Å²) in [6.07, 6.45) is 1.03. The molecule has 0 radical (unpaired) electrons. The highest BCUT2D eigenvalue weighted by Gasteiger charge is 2.43. The van der Waals surface area contributed by atoms with E-state index < -0.39 is 16.8 Å². The largest absolute Gasteiger partial charge is 0.460 e. The summed E-state index contributed by atoms with van der Waals surface area (Å²) in [5.41, 5.74) is 2.68. The lowest BCUT2D eigenvalue weighted by atomic mass is 9.68. The second-order valence-corrected chi connectivity index (χ2v) is 8.41. The van der Waals surface area contributed by atoms with Gasteiger partial charge in [-0.2, -0.15) is 0 Å². The number of esters is 1. The number of rotatable bonds is 6. The molecular formula is C22H26N2O6. The number of nitrogens with zero attached hydrogens (tertiary/aromatic N) is 1. The second-order valence-electron chi connectivity index (χ2n) is 8.41. The summed E-state index contributed by atoms with van der Waals surface area (Å²) < 4.78 is 10.3. The van der Waals surface area contributed by atoms with Crippen LogP contribution in [0.1, 0.15) is 45.1 Å². The number of allylic oxidation sites excluding steroid dienone is 3. The van der Waals surface area contributed by atoms with Gasteiger partial charge in [0.2, 0.25) is 0 Å². The van der Waals surface area contributed by atoms with Crippen LogP contribution in [0.3, 0.4) is 0 Å². The fourth-order valence-corrected chi connectivity index (χ4v) is 4.12. The van der Waals surface area contributed by atoms with Gasteiger partial charge >= 0.3 is 5.97 Å². The standard InChI is InChI=1S/C22H26N2O6/c1-13-18(21(26)30-10-9-29-4)19(14-5-7-15(8-6-14)24(27)28)20-16(23-13)11-22(2,3)12-17(20)25/h5-8,19,23H,9-12H2,1-4H3/t19-/m1/s1. The lowest BCUT2D eigenvalue weighted by molar-refractivity contribution is -0.384.